The molecule has 0 saturated carbocycles. The molecule has 0 aliphatic carbocycles. The summed E-state index contributed by atoms with van der Waals surface area (Å²) in [6.45, 7) is 7.99. The minimum atomic E-state index is -0.411. The molecule has 3 aromatic rings. The molecule has 9 heteroatoms. The van der Waals surface area contributed by atoms with E-state index in [4.69, 9.17) is 0 Å². The van der Waals surface area contributed by atoms with Gasteiger partial charge in [0.15, 0.2) is 11.2 Å². The average Bonchev–Trinajstić information content (AvgIpc) is 3.12. The molecule has 1 fully saturated rings. The molecule has 3 heterocycles. The summed E-state index contributed by atoms with van der Waals surface area (Å²) in [7, 11) is 1.82. The first-order chi connectivity index (χ1) is 15.9. The number of H-pyrrole nitrogens is 1. The predicted molar refractivity (Wildman–Crippen MR) is 127 cm³/mol. The fourth-order valence-electron chi connectivity index (χ4n) is 4.30. The molecule has 0 atom stereocenters. The van der Waals surface area contributed by atoms with E-state index in [2.05, 4.69) is 21.8 Å². The van der Waals surface area contributed by atoms with Crippen molar-refractivity contribution in [1.82, 2.24) is 28.9 Å². The van der Waals surface area contributed by atoms with Crippen LogP contribution in [0.15, 0.2) is 33.9 Å². The zero-order valence-electron chi connectivity index (χ0n) is 19.6. The quantitative estimate of drug-likeness (QED) is 0.585. The lowest BCUT2D eigenvalue weighted by Gasteiger charge is -2.34. The van der Waals surface area contributed by atoms with Gasteiger partial charge >= 0.3 is 5.69 Å². The number of nitrogens with zero attached hydrogens (tertiary/aromatic N) is 5. The molecule has 1 amide bonds. The van der Waals surface area contributed by atoms with Gasteiger partial charge in [0.25, 0.3) is 5.56 Å². The number of amides is 1. The Morgan fingerprint density at radius 3 is 2.45 bits per heavy atom. The number of carbonyl (C=O) groups excluding carboxylic acids is 1. The minimum Gasteiger partial charge on any atom is -0.340 e. The van der Waals surface area contributed by atoms with Gasteiger partial charge in [-0.05, 0) is 18.9 Å². The van der Waals surface area contributed by atoms with E-state index in [1.165, 1.54) is 5.56 Å². The number of imidazole rings is 1. The van der Waals surface area contributed by atoms with Crippen LogP contribution >= 0.6 is 0 Å². The van der Waals surface area contributed by atoms with Crippen molar-refractivity contribution in [2.45, 2.75) is 46.2 Å². The molecule has 1 N–H and O–H groups in total. The number of unbranched alkanes of at least 4 members (excludes halogenated alkanes) is 1. The maximum atomic E-state index is 12.7. The lowest BCUT2D eigenvalue weighted by atomic mass is 10.1. The average molecular weight is 453 g/mol. The van der Waals surface area contributed by atoms with Crippen LogP contribution in [0.3, 0.4) is 0 Å². The van der Waals surface area contributed by atoms with Gasteiger partial charge < -0.3 is 9.47 Å². The second kappa shape index (κ2) is 9.74. The molecule has 0 spiro atoms. The van der Waals surface area contributed by atoms with Crippen LogP contribution in [0.5, 0.6) is 0 Å². The van der Waals surface area contributed by atoms with Crippen molar-refractivity contribution < 1.29 is 4.79 Å². The molecule has 1 saturated heterocycles. The second-order valence-corrected chi connectivity index (χ2v) is 8.84. The van der Waals surface area contributed by atoms with Gasteiger partial charge in [-0.2, -0.15) is 0 Å². The third-order valence-electron chi connectivity index (χ3n) is 6.41. The van der Waals surface area contributed by atoms with E-state index in [1.807, 2.05) is 43.1 Å². The highest BCUT2D eigenvalue weighted by Gasteiger charge is 2.23. The van der Waals surface area contributed by atoms with E-state index >= 15 is 0 Å². The van der Waals surface area contributed by atoms with Crippen molar-refractivity contribution in [1.29, 1.82) is 0 Å². The van der Waals surface area contributed by atoms with Crippen LogP contribution in [0.2, 0.25) is 0 Å². The number of benzene rings is 1. The normalized spacial score (nSPS) is 14.8. The standard InChI is InChI=1S/C24H32N6O3/c1-4-5-10-30-22-21(23(32)26-24(30)33)27(3)19(25-22)16-28-11-13-29(14-12-28)20(31)15-18-8-6-17(2)7-9-18/h6-9H,4-5,10-16H2,1-3H3,(H,26,32,33). The number of aryl methyl sites for hydroxylation is 3. The number of rotatable bonds is 7. The number of hydrogen-bond donors (Lipinski definition) is 1. The molecule has 33 heavy (non-hydrogen) atoms. The maximum absolute atomic E-state index is 12.7. The molecular weight excluding hydrogens is 420 g/mol. The molecule has 0 bridgehead atoms. The van der Waals surface area contributed by atoms with Crippen LogP contribution in [0.4, 0.5) is 0 Å². The number of piperazine rings is 1. The maximum Gasteiger partial charge on any atom is 0.330 e. The van der Waals surface area contributed by atoms with E-state index in [9.17, 15) is 14.4 Å². The summed E-state index contributed by atoms with van der Waals surface area (Å²) in [6, 6.07) is 8.09. The summed E-state index contributed by atoms with van der Waals surface area (Å²) >= 11 is 0. The van der Waals surface area contributed by atoms with Crippen LogP contribution in [0, 0.1) is 6.92 Å². The first-order valence-electron chi connectivity index (χ1n) is 11.6. The molecule has 9 nitrogen and oxygen atoms in total. The minimum absolute atomic E-state index is 0.146. The SMILES string of the molecule is CCCCn1c(=O)[nH]c(=O)c2c1nc(CN1CCN(C(=O)Cc3ccc(C)cc3)CC1)n2C. The van der Waals surface area contributed by atoms with Crippen molar-refractivity contribution in [3.63, 3.8) is 0 Å². The lowest BCUT2D eigenvalue weighted by Crippen LogP contribution is -2.48. The zero-order chi connectivity index (χ0) is 23.5. The fourth-order valence-corrected chi connectivity index (χ4v) is 4.30. The summed E-state index contributed by atoms with van der Waals surface area (Å²) < 4.78 is 3.34. The van der Waals surface area contributed by atoms with E-state index in [1.54, 1.807) is 9.13 Å². The van der Waals surface area contributed by atoms with E-state index < -0.39 is 11.2 Å². The van der Waals surface area contributed by atoms with Crippen molar-refractivity contribution in [3.05, 3.63) is 62.1 Å². The number of aromatic amines is 1. The summed E-state index contributed by atoms with van der Waals surface area (Å²) in [5.74, 6) is 0.887. The highest BCUT2D eigenvalue weighted by molar-refractivity contribution is 5.79. The van der Waals surface area contributed by atoms with Crippen LogP contribution in [0.1, 0.15) is 36.7 Å². The zero-order valence-corrected chi connectivity index (χ0v) is 19.6. The Morgan fingerprint density at radius 2 is 1.79 bits per heavy atom. The van der Waals surface area contributed by atoms with Crippen LogP contribution in [-0.2, 0) is 31.4 Å². The number of aromatic nitrogens is 4. The first kappa shape index (κ1) is 23.0. The second-order valence-electron chi connectivity index (χ2n) is 8.84. The van der Waals surface area contributed by atoms with Crippen LogP contribution in [-0.4, -0.2) is 61.0 Å². The molecule has 176 valence electrons. The van der Waals surface area contributed by atoms with Crippen molar-refractivity contribution in [3.8, 4) is 0 Å². The van der Waals surface area contributed by atoms with Crippen LogP contribution in [0.25, 0.3) is 11.2 Å². The Balaban J connectivity index is 1.43. The summed E-state index contributed by atoms with van der Waals surface area (Å²) in [4.78, 5) is 48.7. The topological polar surface area (TPSA) is 96.2 Å². The molecule has 1 aromatic carbocycles. The molecular formula is C24H32N6O3. The third-order valence-corrected chi connectivity index (χ3v) is 6.41. The van der Waals surface area contributed by atoms with Gasteiger partial charge in [-0.3, -0.25) is 24.0 Å². The van der Waals surface area contributed by atoms with E-state index in [0.717, 1.165) is 37.3 Å². The van der Waals surface area contributed by atoms with E-state index in [0.29, 0.717) is 43.8 Å². The van der Waals surface area contributed by atoms with Gasteiger partial charge in [0.1, 0.15) is 5.82 Å². The molecule has 0 radical (unpaired) electrons. The molecule has 1 aliphatic heterocycles. The summed E-state index contributed by atoms with van der Waals surface area (Å²) in [6.07, 6.45) is 2.20. The van der Waals surface area contributed by atoms with Gasteiger partial charge in [-0.15, -0.1) is 0 Å². The smallest absolute Gasteiger partial charge is 0.330 e. The molecule has 4 rings (SSSR count). The fraction of sp³-hybridized carbons (Fsp3) is 0.500. The highest BCUT2D eigenvalue weighted by atomic mass is 16.2. The highest BCUT2D eigenvalue weighted by Crippen LogP contribution is 2.14. The van der Waals surface area contributed by atoms with Crippen molar-refractivity contribution in [2.24, 2.45) is 7.05 Å². The first-order valence-corrected chi connectivity index (χ1v) is 11.6. The number of carbonyl (C=O) groups is 1. The Kier molecular flexibility index (Phi) is 6.78. The van der Waals surface area contributed by atoms with Crippen molar-refractivity contribution in [2.75, 3.05) is 26.2 Å². The largest absolute Gasteiger partial charge is 0.340 e. The number of fused-ring (bicyclic) bond motifs is 1. The summed E-state index contributed by atoms with van der Waals surface area (Å²) in [5, 5.41) is 0. The monoisotopic (exact) mass is 452 g/mol. The van der Waals surface area contributed by atoms with Gasteiger partial charge in [0, 0.05) is 39.8 Å². The third kappa shape index (κ3) is 4.93. The van der Waals surface area contributed by atoms with Crippen LogP contribution < -0.4 is 11.2 Å². The van der Waals surface area contributed by atoms with Gasteiger partial charge in [0.2, 0.25) is 5.91 Å². The number of nitrogens with one attached hydrogen (secondary N) is 1. The molecule has 1 aliphatic rings. The van der Waals surface area contributed by atoms with Gasteiger partial charge in [-0.25, -0.2) is 9.78 Å². The van der Waals surface area contributed by atoms with Gasteiger partial charge in [-0.1, -0.05) is 43.2 Å². The Bertz CT molecular complexity index is 1250. The predicted octanol–water partition coefficient (Wildman–Crippen LogP) is 1.42. The summed E-state index contributed by atoms with van der Waals surface area (Å²) in [5.41, 5.74) is 2.27. The molecule has 0 unspecified atom stereocenters. The number of hydrogen-bond acceptors (Lipinski definition) is 5. The van der Waals surface area contributed by atoms with Crippen molar-refractivity contribution >= 4 is 17.1 Å². The van der Waals surface area contributed by atoms with Gasteiger partial charge in [0.05, 0.1) is 13.0 Å². The lowest BCUT2D eigenvalue weighted by molar-refractivity contribution is -0.132. The Labute approximate surface area is 192 Å². The Hall–Kier alpha value is -3.20. The Morgan fingerprint density at radius 1 is 1.09 bits per heavy atom. The van der Waals surface area contributed by atoms with E-state index in [-0.39, 0.29) is 5.91 Å². The molecule has 2 aromatic heterocycles.